The molecule has 0 saturated heterocycles. The summed E-state index contributed by atoms with van der Waals surface area (Å²) in [5, 5.41) is 8.04. The Balaban J connectivity index is 1.48. The van der Waals surface area contributed by atoms with E-state index >= 15 is 0 Å². The van der Waals surface area contributed by atoms with Gasteiger partial charge in [-0.2, -0.15) is 5.10 Å². The number of hydrogen-bond donors (Lipinski definition) is 1. The standard InChI is InChI=1S/C23H19FN4O3S/c1-32(30,31)18-4-2-3-15(11-18)23(9-10-23)27-22(29)20-12-25-14-21-19(20)13-26-28(21)17-7-5-16(24)6-8-17/h2-8,11-14H,9-10H2,1H3,(H,27,29). The minimum Gasteiger partial charge on any atom is -0.342 e. The molecule has 1 N–H and O–H groups in total. The van der Waals surface area contributed by atoms with Gasteiger partial charge in [-0.15, -0.1) is 0 Å². The quantitative estimate of drug-likeness (QED) is 0.503. The van der Waals surface area contributed by atoms with Crippen LogP contribution >= 0.6 is 0 Å². The molecule has 0 spiro atoms. The molecule has 0 aliphatic heterocycles. The number of amides is 1. The molecule has 1 amide bonds. The fourth-order valence-electron chi connectivity index (χ4n) is 3.83. The molecule has 2 heterocycles. The first-order valence-electron chi connectivity index (χ1n) is 9.98. The molecule has 0 radical (unpaired) electrons. The Morgan fingerprint density at radius 1 is 1.09 bits per heavy atom. The minimum atomic E-state index is -3.35. The molecule has 9 heteroatoms. The largest absolute Gasteiger partial charge is 0.342 e. The van der Waals surface area contributed by atoms with Crippen molar-refractivity contribution in [1.29, 1.82) is 0 Å². The van der Waals surface area contributed by atoms with Crippen molar-refractivity contribution in [2.24, 2.45) is 0 Å². The average molecular weight is 450 g/mol. The zero-order valence-electron chi connectivity index (χ0n) is 17.1. The van der Waals surface area contributed by atoms with Gasteiger partial charge in [0.05, 0.1) is 39.6 Å². The molecule has 0 unspecified atom stereocenters. The van der Waals surface area contributed by atoms with Crippen LogP contribution in [-0.2, 0) is 15.4 Å². The van der Waals surface area contributed by atoms with E-state index in [2.05, 4.69) is 15.4 Å². The van der Waals surface area contributed by atoms with E-state index in [1.165, 1.54) is 18.3 Å². The summed E-state index contributed by atoms with van der Waals surface area (Å²) >= 11 is 0. The number of hydrogen-bond acceptors (Lipinski definition) is 5. The Kier molecular flexibility index (Phi) is 4.59. The van der Waals surface area contributed by atoms with E-state index in [1.807, 2.05) is 6.07 Å². The van der Waals surface area contributed by atoms with Crippen LogP contribution in [0, 0.1) is 5.82 Å². The van der Waals surface area contributed by atoms with Crippen LogP contribution in [0.4, 0.5) is 4.39 Å². The van der Waals surface area contributed by atoms with E-state index in [0.717, 1.165) is 11.8 Å². The molecule has 162 valence electrons. The number of nitrogens with one attached hydrogen (secondary N) is 1. The molecule has 32 heavy (non-hydrogen) atoms. The highest BCUT2D eigenvalue weighted by atomic mass is 32.2. The van der Waals surface area contributed by atoms with Crippen LogP contribution in [0.5, 0.6) is 0 Å². The van der Waals surface area contributed by atoms with Crippen LogP contribution in [0.2, 0.25) is 0 Å². The predicted octanol–water partition coefficient (Wildman–Crippen LogP) is 3.38. The van der Waals surface area contributed by atoms with E-state index in [1.54, 1.807) is 47.4 Å². The lowest BCUT2D eigenvalue weighted by molar-refractivity contribution is 0.0932. The van der Waals surface area contributed by atoms with Gasteiger partial charge >= 0.3 is 0 Å². The smallest absolute Gasteiger partial charge is 0.254 e. The lowest BCUT2D eigenvalue weighted by Gasteiger charge is -2.19. The SMILES string of the molecule is CS(=O)(=O)c1cccc(C2(NC(=O)c3cncc4c3cnn4-c3ccc(F)cc3)CC2)c1. The van der Waals surface area contributed by atoms with Crippen LogP contribution in [0.3, 0.4) is 0 Å². The number of carbonyl (C=O) groups excluding carboxylic acids is 1. The molecule has 1 aliphatic carbocycles. The van der Waals surface area contributed by atoms with E-state index < -0.39 is 15.4 Å². The number of halogens is 1. The normalized spacial score (nSPS) is 14.9. The zero-order valence-corrected chi connectivity index (χ0v) is 17.9. The number of benzene rings is 2. The summed E-state index contributed by atoms with van der Waals surface area (Å²) in [5.74, 6) is -0.665. The maximum absolute atomic E-state index is 13.3. The Bertz CT molecular complexity index is 1460. The molecule has 4 aromatic rings. The van der Waals surface area contributed by atoms with Crippen molar-refractivity contribution in [2.75, 3.05) is 6.26 Å². The van der Waals surface area contributed by atoms with E-state index in [0.29, 0.717) is 35.0 Å². The van der Waals surface area contributed by atoms with Gasteiger partial charge in [-0.1, -0.05) is 12.1 Å². The third-order valence-corrected chi connectivity index (χ3v) is 6.84. The summed E-state index contributed by atoms with van der Waals surface area (Å²) in [4.78, 5) is 17.6. The predicted molar refractivity (Wildman–Crippen MR) is 117 cm³/mol. The number of fused-ring (bicyclic) bond motifs is 1. The molecule has 5 rings (SSSR count). The van der Waals surface area contributed by atoms with E-state index in [9.17, 15) is 17.6 Å². The van der Waals surface area contributed by atoms with Gasteiger partial charge < -0.3 is 5.32 Å². The molecular weight excluding hydrogens is 431 g/mol. The van der Waals surface area contributed by atoms with Gasteiger partial charge in [-0.05, 0) is 54.8 Å². The van der Waals surface area contributed by atoms with Crippen LogP contribution in [0.25, 0.3) is 16.6 Å². The van der Waals surface area contributed by atoms with Crippen LogP contribution in [0.15, 0.2) is 72.0 Å². The third kappa shape index (κ3) is 3.54. The summed E-state index contributed by atoms with van der Waals surface area (Å²) in [6.07, 6.45) is 7.26. The molecule has 2 aromatic carbocycles. The monoisotopic (exact) mass is 450 g/mol. The van der Waals surface area contributed by atoms with Crippen molar-refractivity contribution in [1.82, 2.24) is 20.1 Å². The molecule has 2 aromatic heterocycles. The minimum absolute atomic E-state index is 0.222. The summed E-state index contributed by atoms with van der Waals surface area (Å²) < 4.78 is 38.7. The molecule has 1 saturated carbocycles. The number of rotatable bonds is 5. The number of pyridine rings is 1. The molecule has 7 nitrogen and oxygen atoms in total. The Morgan fingerprint density at radius 2 is 1.84 bits per heavy atom. The lowest BCUT2D eigenvalue weighted by atomic mass is 10.0. The molecular formula is C23H19FN4O3S. The first kappa shape index (κ1) is 20.3. The molecule has 0 atom stereocenters. The Morgan fingerprint density at radius 3 is 2.53 bits per heavy atom. The number of carbonyl (C=O) groups is 1. The van der Waals surface area contributed by atoms with Crippen LogP contribution in [0.1, 0.15) is 28.8 Å². The van der Waals surface area contributed by atoms with Crippen molar-refractivity contribution < 1.29 is 17.6 Å². The highest BCUT2D eigenvalue weighted by Gasteiger charge is 2.46. The lowest BCUT2D eigenvalue weighted by Crippen LogP contribution is -2.35. The molecule has 1 fully saturated rings. The van der Waals surface area contributed by atoms with Crippen molar-refractivity contribution in [3.05, 3.63) is 84.1 Å². The molecule has 0 bridgehead atoms. The topological polar surface area (TPSA) is 93.9 Å². The first-order chi connectivity index (χ1) is 15.3. The summed E-state index contributed by atoms with van der Waals surface area (Å²) in [5.41, 5.74) is 1.79. The van der Waals surface area contributed by atoms with Crippen LogP contribution in [-0.4, -0.2) is 35.3 Å². The van der Waals surface area contributed by atoms with Gasteiger partial charge in [0, 0.05) is 17.8 Å². The number of sulfone groups is 1. The second-order valence-corrected chi connectivity index (χ2v) is 10.0. The highest BCUT2D eigenvalue weighted by molar-refractivity contribution is 7.90. The maximum atomic E-state index is 13.3. The summed E-state index contributed by atoms with van der Waals surface area (Å²) in [6, 6.07) is 12.6. The van der Waals surface area contributed by atoms with E-state index in [-0.39, 0.29) is 16.6 Å². The van der Waals surface area contributed by atoms with E-state index in [4.69, 9.17) is 0 Å². The Labute approximate surface area is 183 Å². The fourth-order valence-corrected chi connectivity index (χ4v) is 4.50. The number of aromatic nitrogens is 3. The van der Waals surface area contributed by atoms with Crippen molar-refractivity contribution >= 4 is 26.6 Å². The summed E-state index contributed by atoms with van der Waals surface area (Å²) in [7, 11) is -3.35. The van der Waals surface area contributed by atoms with Gasteiger partial charge in [0.2, 0.25) is 0 Å². The van der Waals surface area contributed by atoms with Crippen molar-refractivity contribution in [3.63, 3.8) is 0 Å². The van der Waals surface area contributed by atoms with Crippen molar-refractivity contribution in [2.45, 2.75) is 23.3 Å². The number of nitrogens with zero attached hydrogens (tertiary/aromatic N) is 3. The Hall–Kier alpha value is -3.59. The van der Waals surface area contributed by atoms with Gasteiger partial charge in [0.15, 0.2) is 9.84 Å². The van der Waals surface area contributed by atoms with Crippen LogP contribution < -0.4 is 5.32 Å². The van der Waals surface area contributed by atoms with Gasteiger partial charge in [0.25, 0.3) is 5.91 Å². The molecule has 1 aliphatic rings. The maximum Gasteiger partial charge on any atom is 0.254 e. The van der Waals surface area contributed by atoms with Gasteiger partial charge in [-0.25, -0.2) is 17.5 Å². The fraction of sp³-hybridized carbons (Fsp3) is 0.174. The highest BCUT2D eigenvalue weighted by Crippen LogP contribution is 2.46. The summed E-state index contributed by atoms with van der Waals surface area (Å²) in [6.45, 7) is 0. The van der Waals surface area contributed by atoms with Gasteiger partial charge in [0.1, 0.15) is 5.82 Å². The second kappa shape index (κ2) is 7.23. The van der Waals surface area contributed by atoms with Crippen molar-refractivity contribution in [3.8, 4) is 5.69 Å². The third-order valence-electron chi connectivity index (χ3n) is 5.73. The zero-order chi connectivity index (χ0) is 22.5. The average Bonchev–Trinajstić information content (AvgIpc) is 3.43. The second-order valence-electron chi connectivity index (χ2n) is 7.99. The van der Waals surface area contributed by atoms with Gasteiger partial charge in [-0.3, -0.25) is 9.78 Å². The first-order valence-corrected chi connectivity index (χ1v) is 11.9.